The maximum absolute atomic E-state index is 11.8. The van der Waals surface area contributed by atoms with E-state index in [-0.39, 0.29) is 11.9 Å². The molecule has 3 aromatic heterocycles. The van der Waals surface area contributed by atoms with Crippen LogP contribution in [0.25, 0.3) is 10.8 Å². The third-order valence-electron chi connectivity index (χ3n) is 2.27. The highest BCUT2D eigenvalue weighted by Gasteiger charge is 2.13. The first kappa shape index (κ1) is 11.5. The van der Waals surface area contributed by atoms with Crippen LogP contribution in [0.4, 0.5) is 6.01 Å². The van der Waals surface area contributed by atoms with E-state index in [0.29, 0.717) is 11.6 Å². The predicted octanol–water partition coefficient (Wildman–Crippen LogP) is 2.45. The Bertz CT molecular complexity index is 679. The molecule has 0 radical (unpaired) electrons. The normalized spacial score (nSPS) is 10.3. The minimum Gasteiger partial charge on any atom is -0.402 e. The smallest absolute Gasteiger partial charge is 0.322 e. The number of hydrogen-bond donors (Lipinski definition) is 1. The molecule has 0 spiro atoms. The maximum Gasteiger partial charge on any atom is 0.322 e. The Balaban J connectivity index is 1.76. The van der Waals surface area contributed by atoms with Crippen LogP contribution in [-0.2, 0) is 0 Å². The molecule has 94 valence electrons. The third kappa shape index (κ3) is 2.50. The molecular weight excluding hydrogens is 264 g/mol. The zero-order valence-corrected chi connectivity index (χ0v) is 10.4. The van der Waals surface area contributed by atoms with E-state index in [1.165, 1.54) is 11.3 Å². The van der Waals surface area contributed by atoms with Gasteiger partial charge in [0.2, 0.25) is 0 Å². The zero-order chi connectivity index (χ0) is 13.1. The van der Waals surface area contributed by atoms with Crippen LogP contribution in [-0.4, -0.2) is 21.1 Å². The summed E-state index contributed by atoms with van der Waals surface area (Å²) in [6, 6.07) is 8.87. The second kappa shape index (κ2) is 4.99. The van der Waals surface area contributed by atoms with Crippen LogP contribution in [0.3, 0.4) is 0 Å². The Kier molecular flexibility index (Phi) is 3.03. The summed E-state index contributed by atoms with van der Waals surface area (Å²) in [5, 5.41) is 12.0. The molecule has 0 aliphatic rings. The first-order valence-corrected chi connectivity index (χ1v) is 6.30. The number of carbonyl (C=O) groups is 1. The number of nitrogens with one attached hydrogen (secondary N) is 1. The summed E-state index contributed by atoms with van der Waals surface area (Å²) >= 11 is 1.48. The minimum absolute atomic E-state index is 0.0547. The first-order chi connectivity index (χ1) is 9.33. The van der Waals surface area contributed by atoms with Crippen LogP contribution in [0.15, 0.2) is 46.3 Å². The Hall–Kier alpha value is -2.54. The van der Waals surface area contributed by atoms with E-state index in [2.05, 4.69) is 20.5 Å². The molecule has 19 heavy (non-hydrogen) atoms. The Morgan fingerprint density at radius 2 is 2.16 bits per heavy atom. The highest BCUT2D eigenvalue weighted by Crippen LogP contribution is 2.24. The number of anilines is 1. The van der Waals surface area contributed by atoms with Crippen molar-refractivity contribution in [1.29, 1.82) is 0 Å². The van der Waals surface area contributed by atoms with Crippen molar-refractivity contribution in [3.05, 3.63) is 47.6 Å². The van der Waals surface area contributed by atoms with Gasteiger partial charge in [0.05, 0.1) is 4.88 Å². The van der Waals surface area contributed by atoms with Gasteiger partial charge >= 0.3 is 6.01 Å². The van der Waals surface area contributed by atoms with Crippen molar-refractivity contribution in [3.63, 3.8) is 0 Å². The van der Waals surface area contributed by atoms with Crippen LogP contribution in [0.1, 0.15) is 10.5 Å². The molecular formula is C12H8N4O2S. The molecule has 1 amide bonds. The highest BCUT2D eigenvalue weighted by atomic mass is 32.1. The average molecular weight is 272 g/mol. The molecule has 0 aliphatic heterocycles. The molecule has 3 heterocycles. The summed E-state index contributed by atoms with van der Waals surface area (Å²) in [6.07, 6.45) is 1.54. The van der Waals surface area contributed by atoms with Gasteiger partial charge in [-0.15, -0.1) is 16.4 Å². The molecule has 3 aromatic rings. The molecule has 0 atom stereocenters. The molecule has 0 saturated carbocycles. The summed E-state index contributed by atoms with van der Waals surface area (Å²) in [4.78, 5) is 16.6. The van der Waals surface area contributed by atoms with Crippen LogP contribution in [0.2, 0.25) is 0 Å². The lowest BCUT2D eigenvalue weighted by atomic mass is 10.3. The molecule has 0 aliphatic carbocycles. The summed E-state index contributed by atoms with van der Waals surface area (Å²) in [5.41, 5.74) is 0.290. The summed E-state index contributed by atoms with van der Waals surface area (Å²) < 4.78 is 5.35. The lowest BCUT2D eigenvalue weighted by molar-refractivity contribution is 0.101. The van der Waals surface area contributed by atoms with Gasteiger partial charge in [0.1, 0.15) is 5.69 Å². The molecule has 0 saturated heterocycles. The summed E-state index contributed by atoms with van der Waals surface area (Å²) in [5.74, 6) is -0.00620. The van der Waals surface area contributed by atoms with Crippen LogP contribution in [0, 0.1) is 0 Å². The SMILES string of the molecule is O=C(Nc1nnc(-c2cccs2)o1)c1ccccn1. The van der Waals surface area contributed by atoms with Crippen molar-refractivity contribution in [1.82, 2.24) is 15.2 Å². The topological polar surface area (TPSA) is 80.9 Å². The predicted molar refractivity (Wildman–Crippen MR) is 69.8 cm³/mol. The van der Waals surface area contributed by atoms with Gasteiger partial charge in [-0.1, -0.05) is 17.2 Å². The third-order valence-corrected chi connectivity index (χ3v) is 3.13. The fourth-order valence-electron chi connectivity index (χ4n) is 1.43. The number of pyridine rings is 1. The van der Waals surface area contributed by atoms with Gasteiger partial charge < -0.3 is 4.42 Å². The van der Waals surface area contributed by atoms with Crippen molar-refractivity contribution in [3.8, 4) is 10.8 Å². The lowest BCUT2D eigenvalue weighted by Gasteiger charge is -1.98. The van der Waals surface area contributed by atoms with E-state index < -0.39 is 0 Å². The average Bonchev–Trinajstić information content (AvgIpc) is 3.10. The molecule has 0 fully saturated rings. The van der Waals surface area contributed by atoms with Gasteiger partial charge in [-0.3, -0.25) is 15.1 Å². The molecule has 0 aromatic carbocycles. The molecule has 0 unspecified atom stereocenters. The number of nitrogens with zero attached hydrogens (tertiary/aromatic N) is 3. The number of hydrogen-bond acceptors (Lipinski definition) is 6. The molecule has 3 rings (SSSR count). The van der Waals surface area contributed by atoms with E-state index in [1.54, 1.807) is 24.4 Å². The second-order valence-corrected chi connectivity index (χ2v) is 4.51. The number of aromatic nitrogens is 3. The van der Waals surface area contributed by atoms with Gasteiger partial charge in [0.25, 0.3) is 11.8 Å². The van der Waals surface area contributed by atoms with E-state index in [9.17, 15) is 4.79 Å². The quantitative estimate of drug-likeness (QED) is 0.792. The number of thiophene rings is 1. The Morgan fingerprint density at radius 1 is 1.21 bits per heavy atom. The van der Waals surface area contributed by atoms with Crippen molar-refractivity contribution < 1.29 is 9.21 Å². The largest absolute Gasteiger partial charge is 0.402 e. The maximum atomic E-state index is 11.8. The van der Waals surface area contributed by atoms with E-state index >= 15 is 0 Å². The Labute approximate surface area is 112 Å². The minimum atomic E-state index is -0.387. The number of rotatable bonds is 3. The van der Waals surface area contributed by atoms with Crippen molar-refractivity contribution in [2.24, 2.45) is 0 Å². The van der Waals surface area contributed by atoms with Crippen molar-refractivity contribution >= 4 is 23.3 Å². The molecule has 0 bridgehead atoms. The van der Waals surface area contributed by atoms with Gasteiger partial charge in [-0.2, -0.15) is 0 Å². The van der Waals surface area contributed by atoms with Gasteiger partial charge in [-0.25, -0.2) is 0 Å². The number of carbonyl (C=O) groups excluding carboxylic acids is 1. The lowest BCUT2D eigenvalue weighted by Crippen LogP contribution is -2.13. The second-order valence-electron chi connectivity index (χ2n) is 3.56. The first-order valence-electron chi connectivity index (χ1n) is 5.43. The standard InChI is InChI=1S/C12H8N4O2S/c17-10(8-4-1-2-6-13-8)14-12-16-15-11(18-12)9-5-3-7-19-9/h1-7H,(H,14,16,17). The van der Waals surface area contributed by atoms with Crippen LogP contribution < -0.4 is 5.32 Å². The molecule has 6 nitrogen and oxygen atoms in total. The summed E-state index contributed by atoms with van der Waals surface area (Å²) in [6.45, 7) is 0. The number of amides is 1. The van der Waals surface area contributed by atoms with Crippen LogP contribution in [0.5, 0.6) is 0 Å². The zero-order valence-electron chi connectivity index (χ0n) is 9.61. The monoisotopic (exact) mass is 272 g/mol. The fraction of sp³-hybridized carbons (Fsp3) is 0. The van der Waals surface area contributed by atoms with Gasteiger partial charge in [0.15, 0.2) is 0 Å². The fourth-order valence-corrected chi connectivity index (χ4v) is 2.08. The highest BCUT2D eigenvalue weighted by molar-refractivity contribution is 7.13. The Morgan fingerprint density at radius 3 is 2.89 bits per heavy atom. The van der Waals surface area contributed by atoms with E-state index in [1.807, 2.05) is 17.5 Å². The van der Waals surface area contributed by atoms with Gasteiger partial charge in [0, 0.05) is 6.20 Å². The molecule has 7 heteroatoms. The van der Waals surface area contributed by atoms with Crippen molar-refractivity contribution in [2.75, 3.05) is 5.32 Å². The van der Waals surface area contributed by atoms with Gasteiger partial charge in [-0.05, 0) is 23.6 Å². The van der Waals surface area contributed by atoms with Crippen molar-refractivity contribution in [2.45, 2.75) is 0 Å². The van der Waals surface area contributed by atoms with E-state index in [0.717, 1.165) is 4.88 Å². The van der Waals surface area contributed by atoms with E-state index in [4.69, 9.17) is 4.42 Å². The molecule has 1 N–H and O–H groups in total. The van der Waals surface area contributed by atoms with Crippen LogP contribution >= 0.6 is 11.3 Å². The summed E-state index contributed by atoms with van der Waals surface area (Å²) in [7, 11) is 0.